The number of hydrogen-bond donors (Lipinski definition) is 9. The number of aliphatic carboxylic acids is 2. The molecule has 20 nitrogen and oxygen atoms in total. The number of carbonyl (C=O) groups excluding carboxylic acids is 7. The van der Waals surface area contributed by atoms with Gasteiger partial charge in [0.2, 0.25) is 41.4 Å². The first-order chi connectivity index (χ1) is 31.2. The Morgan fingerprint density at radius 3 is 1.75 bits per heavy atom. The maximum atomic E-state index is 14.3. The van der Waals surface area contributed by atoms with Crippen molar-refractivity contribution in [2.24, 2.45) is 0 Å². The van der Waals surface area contributed by atoms with Gasteiger partial charge in [0.05, 0.1) is 19.3 Å². The normalized spacial score (nSPS) is 22.9. The zero-order valence-corrected chi connectivity index (χ0v) is 36.2. The molecule has 65 heavy (non-hydrogen) atoms. The number of aromatic amines is 1. The average Bonchev–Trinajstić information content (AvgIpc) is 3.97. The molecule has 21 heteroatoms. The number of rotatable bonds is 12. The third kappa shape index (κ3) is 12.5. The Labute approximate surface area is 376 Å². The number of thiophene rings is 1. The topological polar surface area (TPSA) is 289 Å². The van der Waals surface area contributed by atoms with E-state index in [4.69, 9.17) is 0 Å². The number of hydrogen-bond acceptors (Lipinski definition) is 11. The second-order valence-corrected chi connectivity index (χ2v) is 16.7. The van der Waals surface area contributed by atoms with Crippen LogP contribution < -0.4 is 36.8 Å². The number of amides is 7. The maximum Gasteiger partial charge on any atom is 0.305 e. The molecule has 0 bridgehead atoms. The van der Waals surface area contributed by atoms with E-state index >= 15 is 0 Å². The van der Waals surface area contributed by atoms with E-state index < -0.39 is 109 Å². The average molecular weight is 914 g/mol. The van der Waals surface area contributed by atoms with Crippen LogP contribution in [0.4, 0.5) is 5.69 Å². The molecule has 0 unspecified atom stereocenters. The Bertz CT molecular complexity index is 2380. The molecule has 0 spiro atoms. The lowest BCUT2D eigenvalue weighted by atomic mass is 10.0. The Kier molecular flexibility index (Phi) is 15.9. The molecule has 6 rings (SSSR count). The summed E-state index contributed by atoms with van der Waals surface area (Å²) in [5.74, 6) is -9.80. The molecule has 344 valence electrons. The lowest BCUT2D eigenvalue weighted by molar-refractivity contribution is -0.143. The molecule has 0 saturated carbocycles. The van der Waals surface area contributed by atoms with E-state index in [-0.39, 0.29) is 25.9 Å². The van der Waals surface area contributed by atoms with E-state index in [9.17, 15) is 53.4 Å². The highest BCUT2D eigenvalue weighted by Crippen LogP contribution is 2.22. The smallest absolute Gasteiger partial charge is 0.305 e. The Hall–Kier alpha value is -7.29. The van der Waals surface area contributed by atoms with E-state index in [0.29, 0.717) is 35.3 Å². The molecule has 6 atom stereocenters. The molecule has 2 aliphatic rings. The number of carboxylic acids is 2. The van der Waals surface area contributed by atoms with Gasteiger partial charge in [0.1, 0.15) is 36.3 Å². The van der Waals surface area contributed by atoms with Gasteiger partial charge in [0, 0.05) is 60.3 Å². The molecule has 9 N–H and O–H groups in total. The van der Waals surface area contributed by atoms with Crippen LogP contribution in [0.5, 0.6) is 0 Å². The summed E-state index contributed by atoms with van der Waals surface area (Å²) in [5.41, 5.74) is 2.24. The van der Waals surface area contributed by atoms with Gasteiger partial charge in [-0.1, -0.05) is 55.8 Å². The van der Waals surface area contributed by atoms with Crippen molar-refractivity contribution in [3.63, 3.8) is 0 Å². The van der Waals surface area contributed by atoms with Gasteiger partial charge in [0.15, 0.2) is 0 Å². The molecule has 2 aromatic heterocycles. The summed E-state index contributed by atoms with van der Waals surface area (Å²) in [5, 5.41) is 37.0. The summed E-state index contributed by atoms with van der Waals surface area (Å²) < 4.78 is 0. The monoisotopic (exact) mass is 913 g/mol. The SMILES string of the molecule is CCC[C@@H]1NC(=O)[C@@H](c2cccs2)NC(=O)[C@H](CC(=O)O)NC(=O)[C@H](CC(=O)N2CCN(c3ccccc3)CC2)NC(=O)[C@@H](CC(=O)O)NC(=O)[C@@H](Cc2c[nH]c3ccccc23)NC1=O. The second kappa shape index (κ2) is 21.9. The summed E-state index contributed by atoms with van der Waals surface area (Å²) in [6.45, 7) is 3.07. The van der Waals surface area contributed by atoms with Crippen LogP contribution in [-0.4, -0.2) is 130 Å². The van der Waals surface area contributed by atoms with Crippen LogP contribution in [0, 0.1) is 0 Å². The Morgan fingerprint density at radius 1 is 0.615 bits per heavy atom. The van der Waals surface area contributed by atoms with Gasteiger partial charge >= 0.3 is 11.9 Å². The summed E-state index contributed by atoms with van der Waals surface area (Å²) in [6, 6.07) is 9.98. The highest BCUT2D eigenvalue weighted by Gasteiger charge is 2.38. The van der Waals surface area contributed by atoms with E-state index in [1.165, 1.54) is 11.0 Å². The Morgan fingerprint density at radius 2 is 1.15 bits per heavy atom. The molecule has 4 aromatic rings. The molecule has 2 aliphatic heterocycles. The van der Waals surface area contributed by atoms with Gasteiger partial charge < -0.3 is 56.9 Å². The van der Waals surface area contributed by atoms with E-state index in [1.807, 2.05) is 30.3 Å². The van der Waals surface area contributed by atoms with Crippen molar-refractivity contribution in [3.8, 4) is 0 Å². The standard InChI is InChI=1S/C44H51N9O11S/c1-2-9-29-39(59)47-30(20-25-24-45-28-13-7-6-12-27(25)28)40(60)49-32(22-36(55)56)42(62)48-31(21-35(54)53-17-15-52(16-18-53)26-10-4-3-5-11-26)41(61)50-33(23-37(57)58)43(63)51-38(44(64)46-29)34-14-8-19-65-34/h3-8,10-14,19,24,29-33,38,45H,2,9,15-18,20-23H2,1H3,(H,46,64)(H,47,59)(H,48,62)(H,49,60)(H,50,61)(H,51,63)(H,55,56)(H,57,58)/t29-,30+,31-,32+,33-,38+/m0/s1. The van der Waals surface area contributed by atoms with Crippen LogP contribution in [0.2, 0.25) is 0 Å². The quantitative estimate of drug-likeness (QED) is 0.0943. The Balaban J connectivity index is 1.35. The first kappa shape index (κ1) is 47.2. The number of anilines is 1. The minimum atomic E-state index is -1.88. The van der Waals surface area contributed by atoms with Gasteiger partial charge in [0.25, 0.3) is 0 Å². The van der Waals surface area contributed by atoms with Crippen LogP contribution >= 0.6 is 11.3 Å². The highest BCUT2D eigenvalue weighted by atomic mass is 32.1. The summed E-state index contributed by atoms with van der Waals surface area (Å²) in [6.07, 6.45) is -0.803. The number of fused-ring (bicyclic) bond motifs is 1. The second-order valence-electron chi connectivity index (χ2n) is 15.7. The third-order valence-corrected chi connectivity index (χ3v) is 12.0. The maximum absolute atomic E-state index is 14.3. The van der Waals surface area contributed by atoms with E-state index in [2.05, 4.69) is 41.8 Å². The van der Waals surface area contributed by atoms with Crippen molar-refractivity contribution in [1.82, 2.24) is 41.8 Å². The first-order valence-corrected chi connectivity index (χ1v) is 22.0. The van der Waals surface area contributed by atoms with Crippen LogP contribution in [-0.2, 0) is 49.6 Å². The molecule has 2 aromatic carbocycles. The van der Waals surface area contributed by atoms with Gasteiger partial charge in [-0.25, -0.2) is 0 Å². The molecule has 0 radical (unpaired) electrons. The highest BCUT2D eigenvalue weighted by molar-refractivity contribution is 7.10. The van der Waals surface area contributed by atoms with Crippen LogP contribution in [0.15, 0.2) is 78.3 Å². The van der Waals surface area contributed by atoms with Crippen molar-refractivity contribution in [3.05, 3.63) is 88.7 Å². The van der Waals surface area contributed by atoms with Gasteiger partial charge in [-0.3, -0.25) is 43.2 Å². The van der Waals surface area contributed by atoms with Crippen molar-refractivity contribution in [2.45, 2.75) is 81.7 Å². The van der Waals surface area contributed by atoms with Crippen molar-refractivity contribution >= 4 is 81.2 Å². The molecule has 7 amide bonds. The number of carboxylic acid groups (broad SMARTS) is 2. The lowest BCUT2D eigenvalue weighted by Crippen LogP contribution is -2.61. The molecule has 2 fully saturated rings. The summed E-state index contributed by atoms with van der Waals surface area (Å²) in [7, 11) is 0. The van der Waals surface area contributed by atoms with Gasteiger partial charge in [-0.05, 0) is 41.6 Å². The van der Waals surface area contributed by atoms with E-state index in [1.54, 1.807) is 48.8 Å². The minimum Gasteiger partial charge on any atom is -0.481 e. The number of nitrogens with one attached hydrogen (secondary N) is 7. The zero-order chi connectivity index (χ0) is 46.6. The van der Waals surface area contributed by atoms with Crippen LogP contribution in [0.3, 0.4) is 0 Å². The molecule has 0 aliphatic carbocycles. The summed E-state index contributed by atoms with van der Waals surface area (Å²) in [4.78, 5) is 130. The van der Waals surface area contributed by atoms with Gasteiger partial charge in [-0.2, -0.15) is 0 Å². The van der Waals surface area contributed by atoms with Crippen molar-refractivity contribution < 1.29 is 53.4 Å². The number of nitrogens with zero attached hydrogens (tertiary/aromatic N) is 2. The van der Waals surface area contributed by atoms with E-state index in [0.717, 1.165) is 22.5 Å². The predicted octanol–water partition coefficient (Wildman–Crippen LogP) is 0.555. The molecular weight excluding hydrogens is 863 g/mol. The number of aromatic nitrogens is 1. The predicted molar refractivity (Wildman–Crippen MR) is 236 cm³/mol. The van der Waals surface area contributed by atoms with Crippen molar-refractivity contribution in [1.29, 1.82) is 0 Å². The lowest BCUT2D eigenvalue weighted by Gasteiger charge is -2.36. The molecular formula is C44H51N9O11S. The number of H-pyrrole nitrogens is 1. The fraction of sp³-hybridized carbons (Fsp3) is 0.386. The minimum absolute atomic E-state index is 0.0642. The van der Waals surface area contributed by atoms with Gasteiger partial charge in [-0.15, -0.1) is 11.3 Å². The molecule has 4 heterocycles. The third-order valence-electron chi connectivity index (χ3n) is 11.1. The molecule has 2 saturated heterocycles. The van der Waals surface area contributed by atoms with Crippen LogP contribution in [0.1, 0.15) is 55.5 Å². The van der Waals surface area contributed by atoms with Crippen molar-refractivity contribution in [2.75, 3.05) is 31.1 Å². The largest absolute Gasteiger partial charge is 0.481 e. The fourth-order valence-corrected chi connectivity index (χ4v) is 8.50. The first-order valence-electron chi connectivity index (χ1n) is 21.1. The van der Waals surface area contributed by atoms with Crippen LogP contribution in [0.25, 0.3) is 10.9 Å². The fourth-order valence-electron chi connectivity index (χ4n) is 7.73. The number of piperazine rings is 1. The number of carbonyl (C=O) groups is 9. The zero-order valence-electron chi connectivity index (χ0n) is 35.4. The summed E-state index contributed by atoms with van der Waals surface area (Å²) >= 11 is 1.08. The number of para-hydroxylation sites is 2. The number of benzene rings is 2.